The Morgan fingerprint density at radius 3 is 2.45 bits per heavy atom. The molecule has 0 aliphatic heterocycles. The van der Waals surface area contributed by atoms with Gasteiger partial charge in [-0.05, 0) is 61.5 Å². The van der Waals surface area contributed by atoms with E-state index in [-0.39, 0.29) is 0 Å². The van der Waals surface area contributed by atoms with E-state index in [1.165, 1.54) is 5.69 Å². The number of anilines is 1. The van der Waals surface area contributed by atoms with E-state index in [2.05, 4.69) is 58.5 Å². The number of benzene rings is 1. The molecule has 6 nitrogen and oxygen atoms in total. The number of aryl methyl sites for hydroxylation is 1. The molecule has 0 saturated heterocycles. The van der Waals surface area contributed by atoms with Crippen molar-refractivity contribution < 1.29 is 0 Å². The van der Waals surface area contributed by atoms with Crippen LogP contribution in [-0.2, 0) is 6.42 Å². The third kappa shape index (κ3) is 3.14. The molecule has 6 heteroatoms. The second-order valence-electron chi connectivity index (χ2n) is 4.59. The molecule has 108 valence electrons. The van der Waals surface area contributed by atoms with Crippen molar-refractivity contribution in [1.82, 2.24) is 20.2 Å². The molecule has 0 atom stereocenters. The molecule has 0 amide bonds. The molecular formula is C14H22N6. The topological polar surface area (TPSA) is 72.9 Å². The maximum absolute atomic E-state index is 5.53. The summed E-state index contributed by atoms with van der Waals surface area (Å²) in [6, 6.07) is 8.32. The highest BCUT2D eigenvalue weighted by atomic mass is 15.5. The molecule has 0 aliphatic rings. The van der Waals surface area contributed by atoms with E-state index in [0.717, 1.165) is 37.4 Å². The Morgan fingerprint density at radius 1 is 1.15 bits per heavy atom. The standard InChI is InChI=1S/C14H22N6/c1-3-19(4-2)12-7-9-13(10-8-12)20-14(6-5-11-15)16-17-18-20/h7-10H,3-6,11,15H2,1-2H3. The third-order valence-electron chi connectivity index (χ3n) is 3.36. The van der Waals surface area contributed by atoms with Crippen molar-refractivity contribution in [1.29, 1.82) is 0 Å². The summed E-state index contributed by atoms with van der Waals surface area (Å²) in [4.78, 5) is 2.30. The number of nitrogens with two attached hydrogens (primary N) is 1. The molecule has 1 aromatic heterocycles. The Balaban J connectivity index is 2.19. The lowest BCUT2D eigenvalue weighted by atomic mass is 10.2. The summed E-state index contributed by atoms with van der Waals surface area (Å²) in [5.74, 6) is 0.853. The van der Waals surface area contributed by atoms with Crippen LogP contribution in [-0.4, -0.2) is 39.8 Å². The minimum Gasteiger partial charge on any atom is -0.372 e. The van der Waals surface area contributed by atoms with E-state index >= 15 is 0 Å². The second-order valence-corrected chi connectivity index (χ2v) is 4.59. The molecule has 0 saturated carbocycles. The van der Waals surface area contributed by atoms with Crippen molar-refractivity contribution in [3.8, 4) is 5.69 Å². The molecule has 20 heavy (non-hydrogen) atoms. The van der Waals surface area contributed by atoms with Gasteiger partial charge in [-0.3, -0.25) is 0 Å². The van der Waals surface area contributed by atoms with Crippen LogP contribution in [0.4, 0.5) is 5.69 Å². The number of rotatable bonds is 7. The summed E-state index contributed by atoms with van der Waals surface area (Å²) >= 11 is 0. The van der Waals surface area contributed by atoms with E-state index < -0.39 is 0 Å². The average molecular weight is 274 g/mol. The van der Waals surface area contributed by atoms with E-state index in [4.69, 9.17) is 5.73 Å². The van der Waals surface area contributed by atoms with Gasteiger partial charge in [0.1, 0.15) is 0 Å². The highest BCUT2D eigenvalue weighted by molar-refractivity contribution is 5.50. The first kappa shape index (κ1) is 14.5. The number of hydrogen-bond donors (Lipinski definition) is 1. The average Bonchev–Trinajstić information content (AvgIpc) is 2.95. The monoisotopic (exact) mass is 274 g/mol. The van der Waals surface area contributed by atoms with E-state index in [9.17, 15) is 0 Å². The maximum atomic E-state index is 5.53. The molecule has 1 heterocycles. The van der Waals surface area contributed by atoms with Crippen LogP contribution in [0, 0.1) is 0 Å². The molecule has 2 rings (SSSR count). The van der Waals surface area contributed by atoms with E-state index in [1.54, 1.807) is 4.68 Å². The summed E-state index contributed by atoms with van der Waals surface area (Å²) < 4.78 is 1.78. The van der Waals surface area contributed by atoms with Gasteiger partial charge in [0.25, 0.3) is 0 Å². The number of nitrogens with zero attached hydrogens (tertiary/aromatic N) is 5. The maximum Gasteiger partial charge on any atom is 0.156 e. The summed E-state index contributed by atoms with van der Waals surface area (Å²) in [5, 5.41) is 11.9. The summed E-state index contributed by atoms with van der Waals surface area (Å²) in [6.07, 6.45) is 1.68. The van der Waals surface area contributed by atoms with Crippen molar-refractivity contribution in [2.75, 3.05) is 24.5 Å². The molecule has 0 radical (unpaired) electrons. The van der Waals surface area contributed by atoms with Gasteiger partial charge >= 0.3 is 0 Å². The Bertz CT molecular complexity index is 515. The van der Waals surface area contributed by atoms with Gasteiger partial charge in [-0.2, -0.15) is 4.68 Å². The number of hydrogen-bond acceptors (Lipinski definition) is 5. The highest BCUT2D eigenvalue weighted by Gasteiger charge is 2.08. The summed E-state index contributed by atoms with van der Waals surface area (Å²) in [7, 11) is 0. The zero-order valence-corrected chi connectivity index (χ0v) is 12.2. The quantitative estimate of drug-likeness (QED) is 0.826. The van der Waals surface area contributed by atoms with Crippen molar-refractivity contribution >= 4 is 5.69 Å². The Kier molecular flexibility index (Phi) is 5.06. The molecule has 0 unspecified atom stereocenters. The minimum atomic E-state index is 0.647. The molecule has 0 spiro atoms. The SMILES string of the molecule is CCN(CC)c1ccc(-n2nnnc2CCCN)cc1. The lowest BCUT2D eigenvalue weighted by Crippen LogP contribution is -2.21. The van der Waals surface area contributed by atoms with Gasteiger partial charge in [-0.25, -0.2) is 0 Å². The van der Waals surface area contributed by atoms with E-state index in [1.807, 2.05) is 0 Å². The largest absolute Gasteiger partial charge is 0.372 e. The minimum absolute atomic E-state index is 0.647. The van der Waals surface area contributed by atoms with Crippen LogP contribution in [0.15, 0.2) is 24.3 Å². The fourth-order valence-electron chi connectivity index (χ4n) is 2.22. The van der Waals surface area contributed by atoms with Gasteiger partial charge in [0.15, 0.2) is 5.82 Å². The second kappa shape index (κ2) is 7.00. The van der Waals surface area contributed by atoms with E-state index in [0.29, 0.717) is 6.54 Å². The Morgan fingerprint density at radius 2 is 1.85 bits per heavy atom. The number of tetrazole rings is 1. The Hall–Kier alpha value is -1.95. The van der Waals surface area contributed by atoms with Gasteiger partial charge in [-0.1, -0.05) is 0 Å². The third-order valence-corrected chi connectivity index (χ3v) is 3.36. The first-order chi connectivity index (χ1) is 9.80. The molecule has 0 bridgehead atoms. The van der Waals surface area contributed by atoms with Gasteiger partial charge in [0.05, 0.1) is 5.69 Å². The molecule has 2 N–H and O–H groups in total. The van der Waals surface area contributed by atoms with Crippen LogP contribution in [0.1, 0.15) is 26.1 Å². The lowest BCUT2D eigenvalue weighted by molar-refractivity contribution is 0.726. The molecule has 2 aromatic rings. The van der Waals surface area contributed by atoms with Gasteiger partial charge in [-0.15, -0.1) is 5.10 Å². The predicted octanol–water partition coefficient (Wildman–Crippen LogP) is 1.40. The smallest absolute Gasteiger partial charge is 0.156 e. The van der Waals surface area contributed by atoms with Crippen LogP contribution < -0.4 is 10.6 Å². The highest BCUT2D eigenvalue weighted by Crippen LogP contribution is 2.17. The summed E-state index contributed by atoms with van der Waals surface area (Å²) in [5.41, 5.74) is 7.74. The van der Waals surface area contributed by atoms with Crippen molar-refractivity contribution in [3.05, 3.63) is 30.1 Å². The van der Waals surface area contributed by atoms with Gasteiger partial charge in [0, 0.05) is 25.2 Å². The zero-order valence-electron chi connectivity index (χ0n) is 12.2. The molecule has 0 fully saturated rings. The van der Waals surface area contributed by atoms with Crippen molar-refractivity contribution in [3.63, 3.8) is 0 Å². The first-order valence-corrected chi connectivity index (χ1v) is 7.12. The van der Waals surface area contributed by atoms with Crippen LogP contribution in [0.3, 0.4) is 0 Å². The predicted molar refractivity (Wildman–Crippen MR) is 80.1 cm³/mol. The molecule has 1 aromatic carbocycles. The molecule has 0 aliphatic carbocycles. The van der Waals surface area contributed by atoms with Crippen LogP contribution in [0.2, 0.25) is 0 Å². The number of aromatic nitrogens is 4. The normalized spacial score (nSPS) is 10.8. The fraction of sp³-hybridized carbons (Fsp3) is 0.500. The van der Waals surface area contributed by atoms with Crippen molar-refractivity contribution in [2.45, 2.75) is 26.7 Å². The zero-order chi connectivity index (χ0) is 14.4. The van der Waals surface area contributed by atoms with Crippen LogP contribution >= 0.6 is 0 Å². The van der Waals surface area contributed by atoms with Crippen LogP contribution in [0.25, 0.3) is 5.69 Å². The Labute approximate surface area is 119 Å². The molecular weight excluding hydrogens is 252 g/mol. The van der Waals surface area contributed by atoms with Crippen molar-refractivity contribution in [2.24, 2.45) is 5.73 Å². The first-order valence-electron chi connectivity index (χ1n) is 7.12. The van der Waals surface area contributed by atoms with Crippen LogP contribution in [0.5, 0.6) is 0 Å². The summed E-state index contributed by atoms with van der Waals surface area (Å²) in [6.45, 7) is 6.96. The van der Waals surface area contributed by atoms with Gasteiger partial charge in [0.2, 0.25) is 0 Å². The van der Waals surface area contributed by atoms with Gasteiger partial charge < -0.3 is 10.6 Å². The lowest BCUT2D eigenvalue weighted by Gasteiger charge is -2.21. The fourth-order valence-corrected chi connectivity index (χ4v) is 2.22.